The van der Waals surface area contributed by atoms with Crippen molar-refractivity contribution in [2.75, 3.05) is 6.54 Å². The minimum absolute atomic E-state index is 0.0378. The number of rotatable bonds is 11. The number of hydrogen-bond acceptors (Lipinski definition) is 6. The number of hydrogen-bond donors (Lipinski definition) is 5. The van der Waals surface area contributed by atoms with Crippen molar-refractivity contribution in [3.63, 3.8) is 0 Å². The summed E-state index contributed by atoms with van der Waals surface area (Å²) in [7, 11) is 0. The average Bonchev–Trinajstić information content (AvgIpc) is 3.18. The van der Waals surface area contributed by atoms with E-state index in [4.69, 9.17) is 11.5 Å². The van der Waals surface area contributed by atoms with E-state index in [9.17, 15) is 29.1 Å². The second kappa shape index (κ2) is 11.6. The first-order chi connectivity index (χ1) is 14.4. The van der Waals surface area contributed by atoms with Crippen LogP contribution in [0.4, 0.5) is 0 Å². The monoisotopic (exact) mass is 441 g/mol. The molecule has 0 bridgehead atoms. The second-order valence-electron chi connectivity index (χ2n) is 8.40. The van der Waals surface area contributed by atoms with Crippen molar-refractivity contribution in [3.05, 3.63) is 0 Å². The van der Waals surface area contributed by atoms with Gasteiger partial charge in [0.15, 0.2) is 0 Å². The lowest BCUT2D eigenvalue weighted by atomic mass is 9.98. The molecule has 11 nitrogen and oxygen atoms in total. The first kappa shape index (κ1) is 26.3. The minimum atomic E-state index is -1.50. The third-order valence-electron chi connectivity index (χ3n) is 5.65. The Bertz CT molecular complexity index is 698. The predicted molar refractivity (Wildman–Crippen MR) is 112 cm³/mol. The minimum Gasteiger partial charge on any atom is -0.480 e. The number of likely N-dealkylation sites (tertiary alicyclic amines) is 1. The summed E-state index contributed by atoms with van der Waals surface area (Å²) in [6.07, 6.45) is 1.23. The van der Waals surface area contributed by atoms with Gasteiger partial charge in [-0.2, -0.15) is 0 Å². The van der Waals surface area contributed by atoms with Crippen LogP contribution in [0.15, 0.2) is 0 Å². The molecule has 0 aromatic rings. The van der Waals surface area contributed by atoms with Gasteiger partial charge in [-0.3, -0.25) is 19.2 Å². The van der Waals surface area contributed by atoms with E-state index >= 15 is 0 Å². The van der Waals surface area contributed by atoms with Crippen LogP contribution in [0.3, 0.4) is 0 Å². The summed E-state index contributed by atoms with van der Waals surface area (Å²) in [5.74, 6) is -4.25. The number of carbonyl (C=O) groups is 5. The van der Waals surface area contributed by atoms with Crippen LogP contribution in [-0.2, 0) is 24.0 Å². The number of aliphatic carboxylic acids is 1. The molecule has 0 aromatic heterocycles. The molecule has 1 saturated heterocycles. The lowest BCUT2D eigenvalue weighted by molar-refractivity contribution is -0.144. The molecular formula is C20H35N5O6. The van der Waals surface area contributed by atoms with Crippen molar-refractivity contribution >= 4 is 29.6 Å². The van der Waals surface area contributed by atoms with Crippen molar-refractivity contribution in [2.45, 2.75) is 77.5 Å². The second-order valence-corrected chi connectivity index (χ2v) is 8.40. The number of carbonyl (C=O) groups excluding carboxylic acids is 4. The zero-order valence-electron chi connectivity index (χ0n) is 18.6. The van der Waals surface area contributed by atoms with Crippen LogP contribution in [0.2, 0.25) is 0 Å². The molecule has 1 fully saturated rings. The maximum Gasteiger partial charge on any atom is 0.326 e. The number of nitrogens with zero attached hydrogens (tertiary/aromatic N) is 1. The van der Waals surface area contributed by atoms with E-state index in [1.54, 1.807) is 13.8 Å². The summed E-state index contributed by atoms with van der Waals surface area (Å²) in [5.41, 5.74) is 11.1. The molecule has 7 N–H and O–H groups in total. The van der Waals surface area contributed by atoms with E-state index < -0.39 is 54.3 Å². The van der Waals surface area contributed by atoms with Gasteiger partial charge in [0, 0.05) is 6.54 Å². The summed E-state index contributed by atoms with van der Waals surface area (Å²) in [6, 6.07) is -4.02. The van der Waals surface area contributed by atoms with Crippen LogP contribution in [0, 0.1) is 11.8 Å². The lowest BCUT2D eigenvalue weighted by Gasteiger charge is -2.30. The number of nitrogens with one attached hydrogen (secondary N) is 2. The van der Waals surface area contributed by atoms with Gasteiger partial charge in [-0.25, -0.2) is 4.79 Å². The molecule has 1 heterocycles. The standard InChI is InChI=1S/C20H35N5O6/c1-5-11(4)15(22)19(29)25-8-6-7-13(25)17(27)24-16(10(2)3)18(28)23-12(20(30)31)9-14(21)26/h10-13,15-16H,5-9,22H2,1-4H3,(H2,21,26)(H,23,28)(H,24,27)(H,30,31). The molecule has 0 aromatic carbocycles. The number of carboxylic acid groups (broad SMARTS) is 1. The number of amides is 4. The smallest absolute Gasteiger partial charge is 0.326 e. The molecule has 4 amide bonds. The SMILES string of the molecule is CCC(C)C(N)C(=O)N1CCCC1C(=O)NC(C(=O)NC(CC(N)=O)C(=O)O)C(C)C. The first-order valence-electron chi connectivity index (χ1n) is 10.6. The van der Waals surface area contributed by atoms with Crippen LogP contribution in [0.1, 0.15) is 53.4 Å². The van der Waals surface area contributed by atoms with Crippen molar-refractivity contribution in [2.24, 2.45) is 23.3 Å². The fraction of sp³-hybridized carbons (Fsp3) is 0.750. The maximum atomic E-state index is 12.9. The summed E-state index contributed by atoms with van der Waals surface area (Å²) >= 11 is 0. The van der Waals surface area contributed by atoms with Gasteiger partial charge >= 0.3 is 5.97 Å². The van der Waals surface area contributed by atoms with E-state index in [-0.39, 0.29) is 17.7 Å². The average molecular weight is 442 g/mol. The molecule has 31 heavy (non-hydrogen) atoms. The van der Waals surface area contributed by atoms with E-state index in [0.717, 1.165) is 6.42 Å². The van der Waals surface area contributed by atoms with Gasteiger partial charge < -0.3 is 32.1 Å². The van der Waals surface area contributed by atoms with Gasteiger partial charge in [0.25, 0.3) is 0 Å². The highest BCUT2D eigenvalue weighted by atomic mass is 16.4. The topological polar surface area (TPSA) is 185 Å². The maximum absolute atomic E-state index is 12.9. The Hall–Kier alpha value is -2.69. The largest absolute Gasteiger partial charge is 0.480 e. The summed E-state index contributed by atoms with van der Waals surface area (Å²) in [4.78, 5) is 62.1. The Morgan fingerprint density at radius 3 is 2.23 bits per heavy atom. The Kier molecular flexibility index (Phi) is 9.89. The summed E-state index contributed by atoms with van der Waals surface area (Å²) in [6.45, 7) is 7.58. The van der Waals surface area contributed by atoms with Crippen molar-refractivity contribution in [1.29, 1.82) is 0 Å². The first-order valence-corrected chi connectivity index (χ1v) is 10.6. The van der Waals surface area contributed by atoms with Gasteiger partial charge in [0.1, 0.15) is 18.1 Å². The molecule has 0 radical (unpaired) electrons. The lowest BCUT2D eigenvalue weighted by Crippen LogP contribution is -2.58. The Morgan fingerprint density at radius 2 is 1.74 bits per heavy atom. The Balaban J connectivity index is 2.91. The zero-order chi connectivity index (χ0) is 23.9. The third kappa shape index (κ3) is 7.20. The summed E-state index contributed by atoms with van der Waals surface area (Å²) in [5, 5.41) is 14.1. The molecule has 5 unspecified atom stereocenters. The highest BCUT2D eigenvalue weighted by Gasteiger charge is 2.39. The number of carboxylic acids is 1. The van der Waals surface area contributed by atoms with Crippen LogP contribution in [0.5, 0.6) is 0 Å². The van der Waals surface area contributed by atoms with Gasteiger partial charge in [0.05, 0.1) is 12.5 Å². The molecule has 0 spiro atoms. The molecule has 0 saturated carbocycles. The van der Waals surface area contributed by atoms with Crippen LogP contribution >= 0.6 is 0 Å². The molecule has 11 heteroatoms. The quantitative estimate of drug-likeness (QED) is 0.270. The fourth-order valence-electron chi connectivity index (χ4n) is 3.44. The van der Waals surface area contributed by atoms with Crippen molar-refractivity contribution < 1.29 is 29.1 Å². The summed E-state index contributed by atoms with van der Waals surface area (Å²) < 4.78 is 0. The highest BCUT2D eigenvalue weighted by molar-refractivity contribution is 5.95. The van der Waals surface area contributed by atoms with Gasteiger partial charge in [-0.1, -0.05) is 34.1 Å². The molecule has 0 aliphatic carbocycles. The number of nitrogens with two attached hydrogens (primary N) is 2. The van der Waals surface area contributed by atoms with E-state index in [1.165, 1.54) is 4.90 Å². The fourth-order valence-corrected chi connectivity index (χ4v) is 3.44. The molecule has 1 rings (SSSR count). The highest BCUT2D eigenvalue weighted by Crippen LogP contribution is 2.21. The van der Waals surface area contributed by atoms with Crippen molar-refractivity contribution in [1.82, 2.24) is 15.5 Å². The Morgan fingerprint density at radius 1 is 1.13 bits per heavy atom. The van der Waals surface area contributed by atoms with Crippen LogP contribution in [0.25, 0.3) is 0 Å². The van der Waals surface area contributed by atoms with Gasteiger partial charge in [-0.15, -0.1) is 0 Å². The van der Waals surface area contributed by atoms with E-state index in [0.29, 0.717) is 19.4 Å². The van der Waals surface area contributed by atoms with E-state index in [2.05, 4.69) is 10.6 Å². The third-order valence-corrected chi connectivity index (χ3v) is 5.65. The predicted octanol–water partition coefficient (Wildman–Crippen LogP) is -1.06. The van der Waals surface area contributed by atoms with E-state index in [1.807, 2.05) is 13.8 Å². The van der Waals surface area contributed by atoms with Crippen molar-refractivity contribution in [3.8, 4) is 0 Å². The van der Waals surface area contributed by atoms with Gasteiger partial charge in [-0.05, 0) is 24.7 Å². The van der Waals surface area contributed by atoms with Crippen LogP contribution in [-0.4, -0.2) is 70.3 Å². The number of primary amides is 1. The zero-order valence-corrected chi connectivity index (χ0v) is 18.6. The molecular weight excluding hydrogens is 406 g/mol. The van der Waals surface area contributed by atoms with Gasteiger partial charge in [0.2, 0.25) is 23.6 Å². The molecule has 1 aliphatic rings. The molecule has 1 aliphatic heterocycles. The molecule has 176 valence electrons. The van der Waals surface area contributed by atoms with Crippen LogP contribution < -0.4 is 22.1 Å². The Labute approximate surface area is 182 Å². The molecule has 5 atom stereocenters. The normalized spacial score (nSPS) is 19.9.